The molecule has 1 aliphatic carbocycles. The number of benzene rings is 1. The van der Waals surface area contributed by atoms with Crippen LogP contribution in [0.4, 0.5) is 4.79 Å². The number of carbonyl (C=O) groups is 2. The lowest BCUT2D eigenvalue weighted by Gasteiger charge is -2.25. The lowest BCUT2D eigenvalue weighted by Crippen LogP contribution is -2.34. The number of hydrogen-bond donors (Lipinski definition) is 1. The van der Waals surface area contributed by atoms with E-state index in [2.05, 4.69) is 15.9 Å². The first-order valence-electron chi connectivity index (χ1n) is 7.89. The fourth-order valence-corrected chi connectivity index (χ4v) is 4.77. The molecule has 7 heteroatoms. The molecule has 1 saturated carbocycles. The van der Waals surface area contributed by atoms with E-state index < -0.39 is 0 Å². The van der Waals surface area contributed by atoms with Crippen molar-refractivity contribution < 1.29 is 14.7 Å². The lowest BCUT2D eigenvalue weighted by atomic mass is 9.89. The second-order valence-electron chi connectivity index (χ2n) is 6.13. The van der Waals surface area contributed by atoms with Crippen LogP contribution in [-0.2, 0) is 4.79 Å². The van der Waals surface area contributed by atoms with Gasteiger partial charge in [0, 0.05) is 6.54 Å². The Balaban J connectivity index is 1.78. The predicted octanol–water partition coefficient (Wildman–Crippen LogP) is 5.42. The van der Waals surface area contributed by atoms with Crippen molar-refractivity contribution in [2.75, 3.05) is 6.54 Å². The molecule has 1 aromatic carbocycles. The maximum atomic E-state index is 12.6. The van der Waals surface area contributed by atoms with Gasteiger partial charge in [-0.1, -0.05) is 30.9 Å². The summed E-state index contributed by atoms with van der Waals surface area (Å²) in [6, 6.07) is 3.23. The highest BCUT2D eigenvalue weighted by molar-refractivity contribution is 9.10. The van der Waals surface area contributed by atoms with E-state index in [0.717, 1.165) is 24.6 Å². The highest BCUT2D eigenvalue weighted by Crippen LogP contribution is 2.37. The van der Waals surface area contributed by atoms with Crippen LogP contribution in [0.3, 0.4) is 0 Å². The molecule has 0 spiro atoms. The van der Waals surface area contributed by atoms with E-state index in [1.54, 1.807) is 18.2 Å². The Kier molecular flexibility index (Phi) is 5.57. The Morgan fingerprint density at radius 1 is 1.29 bits per heavy atom. The van der Waals surface area contributed by atoms with Gasteiger partial charge in [0.2, 0.25) is 0 Å². The molecule has 0 aromatic heterocycles. The van der Waals surface area contributed by atoms with Crippen LogP contribution < -0.4 is 0 Å². The average Bonchev–Trinajstić information content (AvgIpc) is 2.81. The topological polar surface area (TPSA) is 57.6 Å². The van der Waals surface area contributed by atoms with Crippen LogP contribution in [0.5, 0.6) is 5.75 Å². The third kappa shape index (κ3) is 3.81. The van der Waals surface area contributed by atoms with E-state index in [9.17, 15) is 14.7 Å². The molecule has 1 aromatic rings. The van der Waals surface area contributed by atoms with E-state index in [4.69, 9.17) is 11.6 Å². The van der Waals surface area contributed by atoms with Crippen LogP contribution in [0.1, 0.15) is 37.7 Å². The highest BCUT2D eigenvalue weighted by atomic mass is 79.9. The second kappa shape index (κ2) is 7.50. The molecular formula is C17H17BrClNO3S. The standard InChI is InChI=1S/C17H17BrClNO3S/c18-12-6-11(7-13(19)15(12)21)8-14-16(22)20(17(23)24-14)9-10-4-2-1-3-5-10/h6-8,10,21H,1-5,9H2/b14-8+. The number of aromatic hydroxyl groups is 1. The minimum atomic E-state index is -0.240. The third-order valence-electron chi connectivity index (χ3n) is 4.38. The number of carbonyl (C=O) groups excluding carboxylic acids is 2. The molecule has 2 amide bonds. The number of imide groups is 1. The molecule has 0 atom stereocenters. The van der Waals surface area contributed by atoms with Gasteiger partial charge in [0.25, 0.3) is 11.1 Å². The first kappa shape index (κ1) is 17.8. The van der Waals surface area contributed by atoms with Crippen molar-refractivity contribution in [2.45, 2.75) is 32.1 Å². The number of phenols is 1. The van der Waals surface area contributed by atoms with Gasteiger partial charge in [-0.15, -0.1) is 0 Å². The molecule has 1 N–H and O–H groups in total. The summed E-state index contributed by atoms with van der Waals surface area (Å²) in [4.78, 5) is 26.5. The van der Waals surface area contributed by atoms with Gasteiger partial charge >= 0.3 is 0 Å². The number of rotatable bonds is 3. The van der Waals surface area contributed by atoms with Crippen LogP contribution in [0.25, 0.3) is 6.08 Å². The molecule has 0 bridgehead atoms. The smallest absolute Gasteiger partial charge is 0.293 e. The van der Waals surface area contributed by atoms with Crippen LogP contribution >= 0.6 is 39.3 Å². The molecule has 2 aliphatic rings. The third-order valence-corrected chi connectivity index (χ3v) is 6.18. The van der Waals surface area contributed by atoms with E-state index in [-0.39, 0.29) is 21.9 Å². The zero-order chi connectivity index (χ0) is 17.3. The van der Waals surface area contributed by atoms with Crippen molar-refractivity contribution >= 4 is 56.5 Å². The van der Waals surface area contributed by atoms with E-state index in [1.165, 1.54) is 24.2 Å². The maximum absolute atomic E-state index is 12.6. The van der Waals surface area contributed by atoms with Crippen molar-refractivity contribution in [3.8, 4) is 5.75 Å². The number of halogens is 2. The quantitative estimate of drug-likeness (QED) is 0.650. The van der Waals surface area contributed by atoms with Crippen LogP contribution in [0.2, 0.25) is 5.02 Å². The van der Waals surface area contributed by atoms with E-state index >= 15 is 0 Å². The van der Waals surface area contributed by atoms with Crippen molar-refractivity contribution in [1.82, 2.24) is 4.90 Å². The first-order chi connectivity index (χ1) is 11.5. The fourth-order valence-electron chi connectivity index (χ4n) is 3.11. The minimum absolute atomic E-state index is 0.0424. The van der Waals surface area contributed by atoms with Gasteiger partial charge < -0.3 is 5.11 Å². The summed E-state index contributed by atoms with van der Waals surface area (Å²) in [6.07, 6.45) is 7.41. The maximum Gasteiger partial charge on any atom is 0.293 e. The molecule has 128 valence electrons. The van der Waals surface area contributed by atoms with Crippen LogP contribution in [0.15, 0.2) is 21.5 Å². The Hall–Kier alpha value is -0.980. The van der Waals surface area contributed by atoms with Gasteiger partial charge in [-0.05, 0) is 70.2 Å². The SMILES string of the molecule is O=C1S/C(=C/c2cc(Cl)c(O)c(Br)c2)C(=O)N1CC1CCCCC1. The normalized spacial score (nSPS) is 21.1. The zero-order valence-corrected chi connectivity index (χ0v) is 16.1. The van der Waals surface area contributed by atoms with Crippen LogP contribution in [-0.4, -0.2) is 27.7 Å². The summed E-state index contributed by atoms with van der Waals surface area (Å²) in [6.45, 7) is 0.516. The molecule has 0 unspecified atom stereocenters. The largest absolute Gasteiger partial charge is 0.505 e. The summed E-state index contributed by atoms with van der Waals surface area (Å²) < 4.78 is 0.447. The average molecular weight is 431 g/mol. The number of amides is 2. The Labute approximate surface area is 158 Å². The molecule has 24 heavy (non-hydrogen) atoms. The van der Waals surface area contributed by atoms with Gasteiger partial charge in [-0.25, -0.2) is 0 Å². The lowest BCUT2D eigenvalue weighted by molar-refractivity contribution is -0.123. The zero-order valence-electron chi connectivity index (χ0n) is 12.9. The van der Waals surface area contributed by atoms with E-state index in [0.29, 0.717) is 27.4 Å². The van der Waals surface area contributed by atoms with Crippen molar-refractivity contribution in [3.63, 3.8) is 0 Å². The molecule has 1 aliphatic heterocycles. The number of thioether (sulfide) groups is 1. The molecule has 0 radical (unpaired) electrons. The van der Waals surface area contributed by atoms with Gasteiger partial charge in [-0.2, -0.15) is 0 Å². The monoisotopic (exact) mass is 429 g/mol. The fraction of sp³-hybridized carbons (Fsp3) is 0.412. The summed E-state index contributed by atoms with van der Waals surface area (Å²) >= 11 is 10.1. The van der Waals surface area contributed by atoms with Crippen LogP contribution in [0, 0.1) is 5.92 Å². The summed E-state index contributed by atoms with van der Waals surface area (Å²) in [7, 11) is 0. The van der Waals surface area contributed by atoms with Crippen molar-refractivity contribution in [1.29, 1.82) is 0 Å². The highest BCUT2D eigenvalue weighted by Gasteiger charge is 2.36. The van der Waals surface area contributed by atoms with E-state index in [1.807, 2.05) is 0 Å². The number of phenolic OH excluding ortho intramolecular Hbond substituents is 1. The summed E-state index contributed by atoms with van der Waals surface area (Å²) in [5.41, 5.74) is 0.660. The number of nitrogens with zero attached hydrogens (tertiary/aromatic N) is 1. The number of hydrogen-bond acceptors (Lipinski definition) is 4. The Morgan fingerprint density at radius 2 is 2.00 bits per heavy atom. The van der Waals surface area contributed by atoms with Gasteiger partial charge in [0.1, 0.15) is 5.75 Å². The molecule has 1 saturated heterocycles. The predicted molar refractivity (Wildman–Crippen MR) is 100 cm³/mol. The van der Waals surface area contributed by atoms with Crippen molar-refractivity contribution in [2.24, 2.45) is 5.92 Å². The summed E-state index contributed by atoms with van der Waals surface area (Å²) in [5, 5.41) is 9.66. The molecular weight excluding hydrogens is 414 g/mol. The Morgan fingerprint density at radius 3 is 2.67 bits per heavy atom. The molecule has 4 nitrogen and oxygen atoms in total. The summed E-state index contributed by atoms with van der Waals surface area (Å²) in [5.74, 6) is 0.138. The molecule has 3 rings (SSSR count). The second-order valence-corrected chi connectivity index (χ2v) is 8.38. The van der Waals surface area contributed by atoms with Crippen molar-refractivity contribution in [3.05, 3.63) is 32.1 Å². The van der Waals surface area contributed by atoms with Gasteiger partial charge in [0.15, 0.2) is 0 Å². The molecule has 2 fully saturated rings. The molecule has 1 heterocycles. The first-order valence-corrected chi connectivity index (χ1v) is 9.88. The van der Waals surface area contributed by atoms with Gasteiger partial charge in [-0.3, -0.25) is 14.5 Å². The Bertz CT molecular complexity index is 693. The minimum Gasteiger partial charge on any atom is -0.505 e. The van der Waals surface area contributed by atoms with Gasteiger partial charge in [0.05, 0.1) is 14.4 Å².